The van der Waals surface area contributed by atoms with Crippen LogP contribution in [0, 0.1) is 6.92 Å². The lowest BCUT2D eigenvalue weighted by Crippen LogP contribution is -2.26. The summed E-state index contributed by atoms with van der Waals surface area (Å²) in [5.41, 5.74) is 10.2. The van der Waals surface area contributed by atoms with Crippen LogP contribution in [0.25, 0.3) is 28.5 Å². The highest BCUT2D eigenvalue weighted by molar-refractivity contribution is 5.94. The molecule has 0 bridgehead atoms. The molecule has 0 aliphatic carbocycles. The molecular weight excluding hydrogens is 408 g/mol. The second-order valence-corrected chi connectivity index (χ2v) is 7.64. The molecule has 1 amide bonds. The van der Waals surface area contributed by atoms with Gasteiger partial charge >= 0.3 is 0 Å². The van der Waals surface area contributed by atoms with Gasteiger partial charge in [-0.25, -0.2) is 4.68 Å². The third kappa shape index (κ3) is 3.74. The zero-order valence-electron chi connectivity index (χ0n) is 17.5. The van der Waals surface area contributed by atoms with E-state index in [1.54, 1.807) is 23.0 Å². The van der Waals surface area contributed by atoms with E-state index >= 15 is 0 Å². The van der Waals surface area contributed by atoms with Crippen LogP contribution in [0.5, 0.6) is 0 Å². The molecule has 0 saturated carbocycles. The molecule has 2 aromatic heterocycles. The number of aryl methyl sites for hydroxylation is 1. The molecule has 3 heterocycles. The van der Waals surface area contributed by atoms with Crippen LogP contribution in [0.3, 0.4) is 0 Å². The summed E-state index contributed by atoms with van der Waals surface area (Å²) >= 11 is 0. The maximum absolute atomic E-state index is 12.3. The fraction of sp³-hybridized carbons (Fsp3) is 0.217. The Labute approximate surface area is 184 Å². The summed E-state index contributed by atoms with van der Waals surface area (Å²) in [6.07, 6.45) is 2.85. The predicted octanol–water partition coefficient (Wildman–Crippen LogP) is 3.60. The number of carbonyl (C=O) groups is 1. The monoisotopic (exact) mass is 430 g/mol. The number of amides is 1. The van der Waals surface area contributed by atoms with Crippen LogP contribution >= 0.6 is 0 Å². The summed E-state index contributed by atoms with van der Waals surface area (Å²) < 4.78 is 12.6. The zero-order valence-corrected chi connectivity index (χ0v) is 17.5. The van der Waals surface area contributed by atoms with E-state index in [1.165, 1.54) is 0 Å². The van der Waals surface area contributed by atoms with Gasteiger partial charge < -0.3 is 20.3 Å². The number of nitrogens with one attached hydrogen (secondary N) is 1. The molecule has 1 saturated heterocycles. The first-order valence-corrected chi connectivity index (χ1v) is 10.4. The first-order valence-electron chi connectivity index (χ1n) is 10.4. The van der Waals surface area contributed by atoms with Crippen LogP contribution in [0.4, 0.5) is 11.5 Å². The van der Waals surface area contributed by atoms with Crippen LogP contribution in [0.1, 0.15) is 18.4 Å². The average Bonchev–Trinajstić information content (AvgIpc) is 3.56. The number of carbonyl (C=O) groups excluding carboxylic acids is 1. The van der Waals surface area contributed by atoms with Crippen molar-refractivity contribution in [3.05, 3.63) is 60.3 Å². The number of rotatable bonds is 5. The van der Waals surface area contributed by atoms with E-state index in [0.29, 0.717) is 41.0 Å². The van der Waals surface area contributed by atoms with Crippen molar-refractivity contribution in [1.82, 2.24) is 19.9 Å². The number of nitrogen functional groups attached to an aromatic ring is 1. The van der Waals surface area contributed by atoms with Gasteiger partial charge in [0.1, 0.15) is 11.9 Å². The van der Waals surface area contributed by atoms with Crippen molar-refractivity contribution in [2.75, 3.05) is 17.7 Å². The smallest absolute Gasteiger partial charge is 0.258 e. The fourth-order valence-electron chi connectivity index (χ4n) is 3.71. The third-order valence-electron chi connectivity index (χ3n) is 5.42. The lowest BCUT2D eigenvalue weighted by atomic mass is 10.2. The van der Waals surface area contributed by atoms with Gasteiger partial charge in [-0.3, -0.25) is 4.79 Å². The van der Waals surface area contributed by atoms with E-state index in [4.69, 9.17) is 15.0 Å². The minimum absolute atomic E-state index is 0.151. The Morgan fingerprint density at radius 1 is 1.22 bits per heavy atom. The number of para-hydroxylation sites is 1. The van der Waals surface area contributed by atoms with Gasteiger partial charge in [-0.05, 0) is 49.6 Å². The maximum Gasteiger partial charge on any atom is 0.258 e. The number of ether oxygens (including phenoxy) is 1. The molecule has 1 aliphatic heterocycles. The second-order valence-electron chi connectivity index (χ2n) is 7.64. The quantitative estimate of drug-likeness (QED) is 0.496. The SMILES string of the molecule is Cc1ccccc1-n1ncc(-c2noc(-c3cccc(NC(=O)C4CCCO4)c3)n2)c1N. The molecule has 2 aromatic carbocycles. The largest absolute Gasteiger partial charge is 0.383 e. The van der Waals surface area contributed by atoms with Crippen molar-refractivity contribution >= 4 is 17.4 Å². The van der Waals surface area contributed by atoms with Crippen molar-refractivity contribution in [1.29, 1.82) is 0 Å². The number of benzene rings is 2. The van der Waals surface area contributed by atoms with Gasteiger partial charge in [0.15, 0.2) is 0 Å². The van der Waals surface area contributed by atoms with Gasteiger partial charge in [-0.2, -0.15) is 10.1 Å². The van der Waals surface area contributed by atoms with E-state index < -0.39 is 6.10 Å². The molecule has 1 unspecified atom stereocenters. The van der Waals surface area contributed by atoms with Crippen LogP contribution in [0.2, 0.25) is 0 Å². The van der Waals surface area contributed by atoms with E-state index in [1.807, 2.05) is 43.3 Å². The van der Waals surface area contributed by atoms with Gasteiger partial charge in [0.25, 0.3) is 11.8 Å². The van der Waals surface area contributed by atoms with Gasteiger partial charge in [0, 0.05) is 17.9 Å². The molecule has 5 rings (SSSR count). The van der Waals surface area contributed by atoms with Crippen LogP contribution in [-0.4, -0.2) is 38.5 Å². The van der Waals surface area contributed by atoms with Crippen molar-refractivity contribution in [3.8, 4) is 28.5 Å². The number of hydrogen-bond acceptors (Lipinski definition) is 7. The Morgan fingerprint density at radius 3 is 2.91 bits per heavy atom. The molecule has 1 atom stereocenters. The Morgan fingerprint density at radius 2 is 2.09 bits per heavy atom. The number of nitrogens with two attached hydrogens (primary N) is 1. The van der Waals surface area contributed by atoms with Crippen molar-refractivity contribution < 1.29 is 14.1 Å². The van der Waals surface area contributed by atoms with E-state index in [9.17, 15) is 4.79 Å². The van der Waals surface area contributed by atoms with Crippen molar-refractivity contribution in [2.45, 2.75) is 25.9 Å². The van der Waals surface area contributed by atoms with Gasteiger partial charge in [-0.15, -0.1) is 0 Å². The Bertz CT molecular complexity index is 1270. The molecule has 0 spiro atoms. The minimum Gasteiger partial charge on any atom is -0.383 e. The molecule has 4 aromatic rings. The van der Waals surface area contributed by atoms with Gasteiger partial charge in [-0.1, -0.05) is 29.4 Å². The van der Waals surface area contributed by atoms with Crippen molar-refractivity contribution in [2.24, 2.45) is 0 Å². The molecule has 1 fully saturated rings. The summed E-state index contributed by atoms with van der Waals surface area (Å²) in [5, 5.41) is 11.4. The fourth-order valence-corrected chi connectivity index (χ4v) is 3.71. The van der Waals surface area contributed by atoms with E-state index in [2.05, 4.69) is 20.6 Å². The lowest BCUT2D eigenvalue weighted by Gasteiger charge is -2.10. The predicted molar refractivity (Wildman–Crippen MR) is 119 cm³/mol. The van der Waals surface area contributed by atoms with Crippen LogP contribution in [0.15, 0.2) is 59.3 Å². The molecule has 32 heavy (non-hydrogen) atoms. The molecule has 1 aliphatic rings. The van der Waals surface area contributed by atoms with E-state index in [-0.39, 0.29) is 5.91 Å². The van der Waals surface area contributed by atoms with Crippen molar-refractivity contribution in [3.63, 3.8) is 0 Å². The lowest BCUT2D eigenvalue weighted by molar-refractivity contribution is -0.124. The highest BCUT2D eigenvalue weighted by atomic mass is 16.5. The maximum atomic E-state index is 12.3. The highest BCUT2D eigenvalue weighted by Crippen LogP contribution is 2.29. The number of anilines is 2. The Hall–Kier alpha value is -3.98. The summed E-state index contributed by atoms with van der Waals surface area (Å²) in [5.74, 6) is 0.925. The zero-order chi connectivity index (χ0) is 22.1. The normalized spacial score (nSPS) is 15.7. The topological polar surface area (TPSA) is 121 Å². The second kappa shape index (κ2) is 8.27. The molecule has 9 heteroatoms. The Balaban J connectivity index is 1.39. The molecule has 3 N–H and O–H groups in total. The summed E-state index contributed by atoms with van der Waals surface area (Å²) in [7, 11) is 0. The minimum atomic E-state index is -0.401. The molecule has 162 valence electrons. The summed E-state index contributed by atoms with van der Waals surface area (Å²) in [6.45, 7) is 2.61. The first-order chi connectivity index (χ1) is 15.6. The van der Waals surface area contributed by atoms with Crippen LogP contribution in [-0.2, 0) is 9.53 Å². The highest BCUT2D eigenvalue weighted by Gasteiger charge is 2.24. The average molecular weight is 430 g/mol. The number of aromatic nitrogens is 4. The number of nitrogens with zero attached hydrogens (tertiary/aromatic N) is 4. The van der Waals surface area contributed by atoms with Gasteiger partial charge in [0.2, 0.25) is 5.82 Å². The standard InChI is InChI=1S/C23H22N6O3/c1-14-6-2-3-9-18(14)29-20(24)17(13-25-29)21-27-23(32-28-21)15-7-4-8-16(12-15)26-22(30)19-10-5-11-31-19/h2-4,6-9,12-13,19H,5,10-11,24H2,1H3,(H,26,30). The van der Waals surface area contributed by atoms with Crippen LogP contribution < -0.4 is 11.1 Å². The first kappa shape index (κ1) is 20.0. The molecular formula is C23H22N6O3. The third-order valence-corrected chi connectivity index (χ3v) is 5.42. The number of hydrogen-bond donors (Lipinski definition) is 2. The summed E-state index contributed by atoms with van der Waals surface area (Å²) in [4.78, 5) is 16.8. The van der Waals surface area contributed by atoms with E-state index in [0.717, 1.165) is 24.1 Å². The molecule has 9 nitrogen and oxygen atoms in total. The summed E-state index contributed by atoms with van der Waals surface area (Å²) in [6, 6.07) is 15.1. The Kier molecular flexibility index (Phi) is 5.16. The molecule has 0 radical (unpaired) electrons. The van der Waals surface area contributed by atoms with Gasteiger partial charge in [0.05, 0.1) is 17.4 Å².